The van der Waals surface area contributed by atoms with Gasteiger partial charge in [-0.25, -0.2) is 4.39 Å². The molecule has 1 atom stereocenters. The highest BCUT2D eigenvalue weighted by Gasteiger charge is 2.33. The molecule has 9 heteroatoms. The van der Waals surface area contributed by atoms with Crippen LogP contribution in [0.4, 0.5) is 17.6 Å². The Balaban J connectivity index is 2.01. The third-order valence-corrected chi connectivity index (χ3v) is 5.16. The standard InChI is InChI=1S/C16H15ClF4N2OS/c17-14-4-3-13(25-14)15(23-7-5-22-6-8-23)11-9-10(1-2-12(11)18)24-16(19,20)21/h1-4,9,15,22H,5-8H2/t15-/m1/s1. The van der Waals surface area contributed by atoms with Crippen molar-refractivity contribution in [2.75, 3.05) is 26.2 Å². The molecule has 1 saturated heterocycles. The van der Waals surface area contributed by atoms with Gasteiger partial charge in [0.1, 0.15) is 11.6 Å². The van der Waals surface area contributed by atoms with E-state index < -0.39 is 24.0 Å². The summed E-state index contributed by atoms with van der Waals surface area (Å²) in [5, 5.41) is 3.20. The molecule has 0 amide bonds. The topological polar surface area (TPSA) is 24.5 Å². The number of hydrogen-bond donors (Lipinski definition) is 1. The van der Waals surface area contributed by atoms with Crippen molar-refractivity contribution in [3.63, 3.8) is 0 Å². The third kappa shape index (κ3) is 4.63. The van der Waals surface area contributed by atoms with Gasteiger partial charge in [-0.2, -0.15) is 0 Å². The largest absolute Gasteiger partial charge is 0.573 e. The summed E-state index contributed by atoms with van der Waals surface area (Å²) in [7, 11) is 0. The molecule has 1 aliphatic rings. The Morgan fingerprint density at radius 2 is 1.88 bits per heavy atom. The van der Waals surface area contributed by atoms with Crippen molar-refractivity contribution < 1.29 is 22.3 Å². The Bertz CT molecular complexity index is 731. The molecule has 0 unspecified atom stereocenters. The van der Waals surface area contributed by atoms with Gasteiger partial charge in [-0.3, -0.25) is 4.90 Å². The van der Waals surface area contributed by atoms with Crippen molar-refractivity contribution in [2.24, 2.45) is 0 Å². The van der Waals surface area contributed by atoms with Crippen LogP contribution in [0.5, 0.6) is 5.75 Å². The molecule has 0 radical (unpaired) electrons. The molecule has 25 heavy (non-hydrogen) atoms. The molecule has 0 bridgehead atoms. The first kappa shape index (κ1) is 18.4. The molecule has 0 saturated carbocycles. The van der Waals surface area contributed by atoms with E-state index in [0.717, 1.165) is 36.2 Å². The molecular formula is C16H15ClF4N2OS. The average molecular weight is 395 g/mol. The van der Waals surface area contributed by atoms with Gasteiger partial charge < -0.3 is 10.1 Å². The fraction of sp³-hybridized carbons (Fsp3) is 0.375. The van der Waals surface area contributed by atoms with E-state index in [1.807, 2.05) is 4.90 Å². The Kier molecular flexibility index (Phi) is 5.52. The molecule has 0 aliphatic carbocycles. The molecule has 1 aromatic carbocycles. The van der Waals surface area contributed by atoms with E-state index in [4.69, 9.17) is 11.6 Å². The van der Waals surface area contributed by atoms with Gasteiger partial charge in [-0.1, -0.05) is 11.6 Å². The van der Waals surface area contributed by atoms with Crippen LogP contribution < -0.4 is 10.1 Å². The van der Waals surface area contributed by atoms with Crippen molar-refractivity contribution in [3.05, 3.63) is 50.9 Å². The summed E-state index contributed by atoms with van der Waals surface area (Å²) < 4.78 is 56.5. The number of nitrogens with zero attached hydrogens (tertiary/aromatic N) is 1. The first-order valence-corrected chi connectivity index (χ1v) is 8.78. The van der Waals surface area contributed by atoms with E-state index in [-0.39, 0.29) is 5.56 Å². The lowest BCUT2D eigenvalue weighted by Gasteiger charge is -2.35. The quantitative estimate of drug-likeness (QED) is 0.776. The second-order valence-corrected chi connectivity index (χ2v) is 7.31. The van der Waals surface area contributed by atoms with Crippen LogP contribution in [0, 0.1) is 5.82 Å². The zero-order valence-corrected chi connectivity index (χ0v) is 14.5. The number of nitrogens with one attached hydrogen (secondary N) is 1. The average Bonchev–Trinajstić information content (AvgIpc) is 2.96. The van der Waals surface area contributed by atoms with Gasteiger partial charge >= 0.3 is 6.36 Å². The summed E-state index contributed by atoms with van der Waals surface area (Å²) >= 11 is 7.30. The fourth-order valence-corrected chi connectivity index (χ4v) is 4.09. The highest BCUT2D eigenvalue weighted by Crippen LogP contribution is 2.38. The van der Waals surface area contributed by atoms with Crippen molar-refractivity contribution in [2.45, 2.75) is 12.4 Å². The predicted molar refractivity (Wildman–Crippen MR) is 88.7 cm³/mol. The highest BCUT2D eigenvalue weighted by atomic mass is 35.5. The Morgan fingerprint density at radius 1 is 1.16 bits per heavy atom. The van der Waals surface area contributed by atoms with Crippen molar-refractivity contribution in [1.29, 1.82) is 0 Å². The first-order valence-electron chi connectivity index (χ1n) is 7.59. The summed E-state index contributed by atoms with van der Waals surface area (Å²) in [4.78, 5) is 2.80. The zero-order chi connectivity index (χ0) is 18.0. The number of hydrogen-bond acceptors (Lipinski definition) is 4. The number of alkyl halides is 3. The van der Waals surface area contributed by atoms with E-state index in [2.05, 4.69) is 10.1 Å². The first-order chi connectivity index (χ1) is 11.8. The van der Waals surface area contributed by atoms with Crippen LogP contribution >= 0.6 is 22.9 Å². The van der Waals surface area contributed by atoms with Crippen LogP contribution in [0.25, 0.3) is 0 Å². The van der Waals surface area contributed by atoms with E-state index in [0.29, 0.717) is 17.4 Å². The minimum atomic E-state index is -4.83. The van der Waals surface area contributed by atoms with Crippen LogP contribution in [0.2, 0.25) is 4.34 Å². The lowest BCUT2D eigenvalue weighted by atomic mass is 10.0. The molecule has 3 rings (SSSR count). The van der Waals surface area contributed by atoms with Gasteiger partial charge in [0, 0.05) is 36.6 Å². The molecule has 1 aliphatic heterocycles. The minimum absolute atomic E-state index is 0.141. The summed E-state index contributed by atoms with van der Waals surface area (Å²) in [5.74, 6) is -1.02. The number of rotatable bonds is 4. The third-order valence-electron chi connectivity index (χ3n) is 3.88. The molecule has 0 spiro atoms. The van der Waals surface area contributed by atoms with E-state index >= 15 is 0 Å². The number of ether oxygens (including phenoxy) is 1. The molecular weight excluding hydrogens is 380 g/mol. The van der Waals surface area contributed by atoms with Gasteiger partial charge in [-0.15, -0.1) is 24.5 Å². The molecule has 2 aromatic rings. The molecule has 1 fully saturated rings. The SMILES string of the molecule is Fc1ccc(OC(F)(F)F)cc1[C@H](c1ccc(Cl)s1)N1CCNCC1. The molecule has 136 valence electrons. The second kappa shape index (κ2) is 7.49. The maximum atomic E-state index is 14.5. The van der Waals surface area contributed by atoms with Crippen LogP contribution in [-0.2, 0) is 0 Å². The summed E-state index contributed by atoms with van der Waals surface area (Å²) in [6.45, 7) is 2.72. The lowest BCUT2D eigenvalue weighted by molar-refractivity contribution is -0.274. The van der Waals surface area contributed by atoms with E-state index in [1.54, 1.807) is 12.1 Å². The maximum absolute atomic E-state index is 14.5. The van der Waals surface area contributed by atoms with Crippen molar-refractivity contribution in [3.8, 4) is 5.75 Å². The normalized spacial score (nSPS) is 17.5. The van der Waals surface area contributed by atoms with E-state index in [9.17, 15) is 17.6 Å². The smallest absolute Gasteiger partial charge is 0.406 e. The van der Waals surface area contributed by atoms with Gasteiger partial charge in [0.25, 0.3) is 0 Å². The van der Waals surface area contributed by atoms with Crippen LogP contribution in [0.3, 0.4) is 0 Å². The maximum Gasteiger partial charge on any atom is 0.573 e. The monoisotopic (exact) mass is 394 g/mol. The Morgan fingerprint density at radius 3 is 2.48 bits per heavy atom. The zero-order valence-electron chi connectivity index (χ0n) is 12.9. The number of halogens is 5. The summed E-state index contributed by atoms with van der Waals surface area (Å²) in [6, 6.07) is 6.05. The Labute approximate surface area is 151 Å². The minimum Gasteiger partial charge on any atom is -0.406 e. The van der Waals surface area contributed by atoms with Gasteiger partial charge in [0.05, 0.1) is 10.4 Å². The Hall–Kier alpha value is -1.35. The van der Waals surface area contributed by atoms with Crippen molar-refractivity contribution >= 4 is 22.9 Å². The van der Waals surface area contributed by atoms with Crippen LogP contribution in [0.1, 0.15) is 16.5 Å². The van der Waals surface area contributed by atoms with Crippen molar-refractivity contribution in [1.82, 2.24) is 10.2 Å². The predicted octanol–water partition coefficient (Wildman–Crippen LogP) is 4.43. The fourth-order valence-electron chi connectivity index (χ4n) is 2.87. The number of benzene rings is 1. The molecule has 2 heterocycles. The molecule has 3 nitrogen and oxygen atoms in total. The van der Waals surface area contributed by atoms with Gasteiger partial charge in [0.15, 0.2) is 0 Å². The van der Waals surface area contributed by atoms with Crippen LogP contribution in [-0.4, -0.2) is 37.4 Å². The van der Waals surface area contributed by atoms with Gasteiger partial charge in [-0.05, 0) is 30.3 Å². The summed E-state index contributed by atoms with van der Waals surface area (Å²) in [5.41, 5.74) is 0.141. The highest BCUT2D eigenvalue weighted by molar-refractivity contribution is 7.16. The number of thiophene rings is 1. The second-order valence-electron chi connectivity index (χ2n) is 5.56. The van der Waals surface area contributed by atoms with E-state index in [1.165, 1.54) is 11.3 Å². The summed E-state index contributed by atoms with van der Waals surface area (Å²) in [6.07, 6.45) is -4.83. The van der Waals surface area contributed by atoms with Gasteiger partial charge in [0.2, 0.25) is 0 Å². The lowest BCUT2D eigenvalue weighted by Crippen LogP contribution is -2.45. The molecule has 1 aromatic heterocycles. The number of piperazine rings is 1. The van der Waals surface area contributed by atoms with Crippen LogP contribution in [0.15, 0.2) is 30.3 Å². The molecule has 1 N–H and O–H groups in total.